The maximum atomic E-state index is 12.9. The molecule has 1 aliphatic carbocycles. The first-order valence-corrected chi connectivity index (χ1v) is 8.00. The number of amides is 3. The minimum atomic E-state index is -4.63. The monoisotopic (exact) mass is 356 g/mol. The van der Waals surface area contributed by atoms with Crippen LogP contribution in [-0.2, 0) is 15.8 Å². The Hall–Kier alpha value is -2.39. The van der Waals surface area contributed by atoms with Gasteiger partial charge in [-0.05, 0) is 19.3 Å². The van der Waals surface area contributed by atoms with Crippen LogP contribution in [0.15, 0.2) is 6.07 Å². The second kappa shape index (κ2) is 5.06. The number of aromatic nitrogens is 2. The van der Waals surface area contributed by atoms with E-state index >= 15 is 0 Å². The van der Waals surface area contributed by atoms with Gasteiger partial charge in [-0.25, -0.2) is 0 Å². The van der Waals surface area contributed by atoms with Crippen LogP contribution in [-0.4, -0.2) is 45.5 Å². The van der Waals surface area contributed by atoms with Crippen LogP contribution in [0.1, 0.15) is 47.9 Å². The molecule has 3 aliphatic rings. The predicted molar refractivity (Wildman–Crippen MR) is 76.2 cm³/mol. The smallest absolute Gasteiger partial charge is 0.336 e. The fraction of sp³-hybridized carbons (Fsp3) is 0.600. The molecule has 25 heavy (non-hydrogen) atoms. The van der Waals surface area contributed by atoms with Crippen molar-refractivity contribution < 1.29 is 27.6 Å². The van der Waals surface area contributed by atoms with Crippen LogP contribution in [0.25, 0.3) is 0 Å². The molecule has 1 aromatic heterocycles. The van der Waals surface area contributed by atoms with Crippen molar-refractivity contribution >= 4 is 17.7 Å². The van der Waals surface area contributed by atoms with Gasteiger partial charge in [0.05, 0.1) is 11.5 Å². The minimum absolute atomic E-state index is 0.00526. The van der Waals surface area contributed by atoms with Crippen molar-refractivity contribution in [2.24, 2.45) is 5.41 Å². The first-order chi connectivity index (χ1) is 11.7. The van der Waals surface area contributed by atoms with Crippen molar-refractivity contribution in [2.75, 3.05) is 13.1 Å². The molecule has 134 valence electrons. The van der Waals surface area contributed by atoms with Gasteiger partial charge in [-0.2, -0.15) is 18.3 Å². The van der Waals surface area contributed by atoms with Gasteiger partial charge in [-0.15, -0.1) is 0 Å². The van der Waals surface area contributed by atoms with Gasteiger partial charge in [-0.3, -0.25) is 24.4 Å². The van der Waals surface area contributed by atoms with Crippen molar-refractivity contribution in [2.45, 2.75) is 37.9 Å². The summed E-state index contributed by atoms with van der Waals surface area (Å²) in [6.07, 6.45) is -2.94. The Labute approximate surface area is 140 Å². The Morgan fingerprint density at radius 2 is 2.04 bits per heavy atom. The number of likely N-dealkylation sites (tertiary alicyclic amines) is 1. The fourth-order valence-electron chi connectivity index (χ4n) is 3.52. The number of alkyl halides is 3. The molecule has 2 aliphatic heterocycles. The highest BCUT2D eigenvalue weighted by molar-refractivity contribution is 6.06. The summed E-state index contributed by atoms with van der Waals surface area (Å²) in [6, 6.07) is 0.578. The topological polar surface area (TPSA) is 84.3 Å². The molecule has 10 heteroatoms. The highest BCUT2D eigenvalue weighted by atomic mass is 19.4. The highest BCUT2D eigenvalue weighted by Crippen LogP contribution is 2.41. The lowest BCUT2D eigenvalue weighted by Gasteiger charge is -2.20. The molecule has 1 atom stereocenters. The van der Waals surface area contributed by atoms with Gasteiger partial charge in [0.1, 0.15) is 5.69 Å². The Morgan fingerprint density at radius 3 is 2.60 bits per heavy atom. The first-order valence-electron chi connectivity index (χ1n) is 8.00. The molecule has 3 amide bonds. The molecule has 1 aromatic rings. The number of carbonyl (C=O) groups excluding carboxylic acids is 3. The second-order valence-electron chi connectivity index (χ2n) is 6.90. The van der Waals surface area contributed by atoms with Crippen LogP contribution in [0.4, 0.5) is 13.2 Å². The minimum Gasteiger partial charge on any atom is -0.336 e. The Bertz CT molecular complexity index is 783. The summed E-state index contributed by atoms with van der Waals surface area (Å²) in [6.45, 7) is 0.247. The van der Waals surface area contributed by atoms with Crippen LogP contribution < -0.4 is 5.32 Å². The fourth-order valence-corrected chi connectivity index (χ4v) is 3.52. The van der Waals surface area contributed by atoms with E-state index in [1.54, 1.807) is 0 Å². The predicted octanol–water partition coefficient (Wildman–Crippen LogP) is 1.12. The summed E-state index contributed by atoms with van der Waals surface area (Å²) >= 11 is 0. The lowest BCUT2D eigenvalue weighted by atomic mass is 9.85. The largest absolute Gasteiger partial charge is 0.435 e. The number of halogens is 3. The van der Waals surface area contributed by atoms with E-state index in [1.807, 2.05) is 0 Å². The van der Waals surface area contributed by atoms with E-state index in [9.17, 15) is 27.6 Å². The molecule has 0 aromatic carbocycles. The number of nitrogens with one attached hydrogen (secondary N) is 1. The molecule has 3 heterocycles. The molecule has 0 bridgehead atoms. The zero-order valence-corrected chi connectivity index (χ0v) is 13.1. The van der Waals surface area contributed by atoms with Crippen LogP contribution in [0.2, 0.25) is 0 Å². The summed E-state index contributed by atoms with van der Waals surface area (Å²) < 4.78 is 40.0. The van der Waals surface area contributed by atoms with E-state index in [0.29, 0.717) is 19.3 Å². The molecule has 7 nitrogen and oxygen atoms in total. The SMILES string of the molecule is O=C1CC2(CCN(C(=O)c3cc(C(F)(F)F)nn3C3CC3)C2)C(=O)N1. The highest BCUT2D eigenvalue weighted by Gasteiger charge is 2.52. The summed E-state index contributed by atoms with van der Waals surface area (Å²) in [5, 5.41) is 5.79. The summed E-state index contributed by atoms with van der Waals surface area (Å²) in [7, 11) is 0. The van der Waals surface area contributed by atoms with Crippen LogP contribution in [0.5, 0.6) is 0 Å². The molecular formula is C15H15F3N4O3. The molecule has 1 saturated carbocycles. The lowest BCUT2D eigenvalue weighted by Crippen LogP contribution is -2.37. The number of hydrogen-bond donors (Lipinski definition) is 1. The average Bonchev–Trinajstić information content (AvgIpc) is 3.01. The van der Waals surface area contributed by atoms with E-state index in [2.05, 4.69) is 10.4 Å². The summed E-state index contributed by atoms with van der Waals surface area (Å²) in [5.41, 5.74) is -2.16. The third kappa shape index (κ3) is 2.59. The number of hydrogen-bond acceptors (Lipinski definition) is 4. The van der Waals surface area contributed by atoms with Crippen molar-refractivity contribution in [1.29, 1.82) is 0 Å². The molecule has 2 saturated heterocycles. The molecule has 0 radical (unpaired) electrons. The van der Waals surface area contributed by atoms with Gasteiger partial charge >= 0.3 is 6.18 Å². The van der Waals surface area contributed by atoms with Crippen LogP contribution in [0.3, 0.4) is 0 Å². The molecule has 1 unspecified atom stereocenters. The Morgan fingerprint density at radius 1 is 1.32 bits per heavy atom. The zero-order chi connectivity index (χ0) is 18.0. The second-order valence-corrected chi connectivity index (χ2v) is 6.90. The van der Waals surface area contributed by atoms with Gasteiger partial charge in [-0.1, -0.05) is 0 Å². The third-order valence-electron chi connectivity index (χ3n) is 5.01. The van der Waals surface area contributed by atoms with Crippen molar-refractivity contribution in [1.82, 2.24) is 20.0 Å². The average molecular weight is 356 g/mol. The normalized spacial score (nSPS) is 26.6. The van der Waals surface area contributed by atoms with Crippen LogP contribution in [0, 0.1) is 5.41 Å². The van der Waals surface area contributed by atoms with Crippen molar-refractivity contribution in [3.05, 3.63) is 17.5 Å². The van der Waals surface area contributed by atoms with E-state index in [4.69, 9.17) is 0 Å². The van der Waals surface area contributed by atoms with Crippen LogP contribution >= 0.6 is 0 Å². The number of carbonyl (C=O) groups is 3. The number of imide groups is 1. The number of nitrogens with zero attached hydrogens (tertiary/aromatic N) is 3. The molecule has 3 fully saturated rings. The molecular weight excluding hydrogens is 341 g/mol. The van der Waals surface area contributed by atoms with Gasteiger partial charge < -0.3 is 4.90 Å². The maximum Gasteiger partial charge on any atom is 0.435 e. The quantitative estimate of drug-likeness (QED) is 0.805. The Balaban J connectivity index is 1.61. The zero-order valence-electron chi connectivity index (χ0n) is 13.1. The van der Waals surface area contributed by atoms with Crippen molar-refractivity contribution in [3.8, 4) is 0 Å². The first kappa shape index (κ1) is 16.1. The van der Waals surface area contributed by atoms with Gasteiger partial charge in [0.25, 0.3) is 5.91 Å². The summed E-state index contributed by atoms with van der Waals surface area (Å²) in [5.74, 6) is -1.39. The van der Waals surface area contributed by atoms with E-state index in [0.717, 1.165) is 10.7 Å². The maximum absolute atomic E-state index is 12.9. The van der Waals surface area contributed by atoms with E-state index < -0.39 is 29.1 Å². The molecule has 4 rings (SSSR count). The van der Waals surface area contributed by atoms with E-state index in [1.165, 1.54) is 4.90 Å². The number of rotatable bonds is 2. The van der Waals surface area contributed by atoms with E-state index in [-0.39, 0.29) is 37.2 Å². The van der Waals surface area contributed by atoms with Gasteiger partial charge in [0.15, 0.2) is 5.69 Å². The standard InChI is InChI=1S/C15H15F3N4O3/c16-15(17,18)10-5-9(22(20-10)8-1-2-8)12(24)21-4-3-14(7-21)6-11(23)19-13(14)25/h5,8H,1-4,6-7H2,(H,19,23,25). The third-order valence-corrected chi connectivity index (χ3v) is 5.01. The molecule has 1 spiro atoms. The lowest BCUT2D eigenvalue weighted by molar-refractivity contribution is -0.141. The van der Waals surface area contributed by atoms with Crippen molar-refractivity contribution in [3.63, 3.8) is 0 Å². The molecule has 1 N–H and O–H groups in total. The summed E-state index contributed by atoms with van der Waals surface area (Å²) in [4.78, 5) is 37.5. The van der Waals surface area contributed by atoms with Gasteiger partial charge in [0.2, 0.25) is 11.8 Å². The Kier molecular flexibility index (Phi) is 3.26. The van der Waals surface area contributed by atoms with Gasteiger partial charge in [0, 0.05) is 25.6 Å².